The molecule has 2 aromatic heterocycles. The van der Waals surface area contributed by atoms with Crippen molar-refractivity contribution in [1.82, 2.24) is 14.9 Å². The van der Waals surface area contributed by atoms with E-state index in [1.54, 1.807) is 21.6 Å². The summed E-state index contributed by atoms with van der Waals surface area (Å²) in [5, 5.41) is 6.17. The minimum Gasteiger partial charge on any atom is -0.444 e. The second-order valence-corrected chi connectivity index (χ2v) is 9.88. The second kappa shape index (κ2) is 8.65. The van der Waals surface area contributed by atoms with Crippen LogP contribution in [-0.2, 0) is 16.1 Å². The van der Waals surface area contributed by atoms with E-state index in [-0.39, 0.29) is 23.5 Å². The Kier molecular flexibility index (Phi) is 5.45. The maximum atomic E-state index is 14.6. The summed E-state index contributed by atoms with van der Waals surface area (Å²) < 4.78 is 21.7. The van der Waals surface area contributed by atoms with Gasteiger partial charge in [-0.15, -0.1) is 11.8 Å². The predicted octanol–water partition coefficient (Wildman–Crippen LogP) is 2.68. The number of nitrogens with zero attached hydrogens (tertiary/aromatic N) is 3. The Labute approximate surface area is 203 Å². The van der Waals surface area contributed by atoms with E-state index in [4.69, 9.17) is 4.74 Å². The van der Waals surface area contributed by atoms with E-state index in [0.29, 0.717) is 66.3 Å². The fourth-order valence-electron chi connectivity index (χ4n) is 4.97. The molecule has 11 heteroatoms. The molecule has 2 N–H and O–H groups in total. The normalized spacial score (nSPS) is 20.8. The molecule has 2 amide bonds. The number of carbonyl (C=O) groups excluding carboxylic acids is 2. The molecule has 9 nitrogen and oxygen atoms in total. The summed E-state index contributed by atoms with van der Waals surface area (Å²) in [5.74, 6) is -0.256. The van der Waals surface area contributed by atoms with Gasteiger partial charge in [-0.25, -0.2) is 9.18 Å². The molecule has 1 aromatic carbocycles. The maximum Gasteiger partial charge on any atom is 0.414 e. The highest BCUT2D eigenvalue weighted by Gasteiger charge is 2.33. The first-order valence-corrected chi connectivity index (χ1v) is 12.4. The van der Waals surface area contributed by atoms with Crippen molar-refractivity contribution in [2.75, 3.05) is 35.6 Å². The van der Waals surface area contributed by atoms with Gasteiger partial charge in [-0.05, 0) is 37.2 Å². The van der Waals surface area contributed by atoms with Crippen LogP contribution in [0.4, 0.5) is 20.6 Å². The third-order valence-electron chi connectivity index (χ3n) is 6.62. The summed E-state index contributed by atoms with van der Waals surface area (Å²) in [4.78, 5) is 43.1. The molecule has 6 rings (SSSR count). The highest BCUT2D eigenvalue weighted by molar-refractivity contribution is 8.00. The van der Waals surface area contributed by atoms with E-state index in [2.05, 4.69) is 15.6 Å². The molecule has 3 aromatic rings. The zero-order chi connectivity index (χ0) is 24.1. The molecule has 1 fully saturated rings. The molecular weight excluding hydrogens is 473 g/mol. The Morgan fingerprint density at radius 3 is 2.97 bits per heavy atom. The first kappa shape index (κ1) is 22.1. The molecule has 0 saturated carbocycles. The number of ether oxygens (including phenoxy) is 1. The van der Waals surface area contributed by atoms with Crippen LogP contribution >= 0.6 is 11.8 Å². The van der Waals surface area contributed by atoms with Crippen molar-refractivity contribution in [3.8, 4) is 0 Å². The number of rotatable bonds is 6. The van der Waals surface area contributed by atoms with E-state index in [1.807, 2.05) is 12.1 Å². The van der Waals surface area contributed by atoms with Gasteiger partial charge in [0.1, 0.15) is 11.9 Å². The molecule has 0 spiro atoms. The molecular formula is C24H22FN5O4S. The molecule has 1 saturated heterocycles. The lowest BCUT2D eigenvalue weighted by atomic mass is 10.0. The Bertz CT molecular complexity index is 1430. The Balaban J connectivity index is 1.06. The van der Waals surface area contributed by atoms with Crippen LogP contribution < -0.4 is 21.1 Å². The summed E-state index contributed by atoms with van der Waals surface area (Å²) in [6, 6.07) is 8.64. The lowest BCUT2D eigenvalue weighted by molar-refractivity contribution is -0.113. The molecule has 3 aliphatic heterocycles. The van der Waals surface area contributed by atoms with Gasteiger partial charge in [0.25, 0.3) is 5.56 Å². The molecule has 2 atom stereocenters. The number of amides is 2. The average Bonchev–Trinajstić information content (AvgIpc) is 3.42. The van der Waals surface area contributed by atoms with Crippen molar-refractivity contribution in [3.05, 3.63) is 58.3 Å². The number of cyclic esters (lactones) is 1. The van der Waals surface area contributed by atoms with E-state index in [1.165, 1.54) is 24.0 Å². The van der Waals surface area contributed by atoms with Crippen LogP contribution in [0.25, 0.3) is 11.0 Å². The molecule has 5 heterocycles. The SMILES string of the molecule is O=C1CSc2ccc(N3C[C@@H](CCNC[C@H]4Cn5c(=O)ccc6ncc(F)c4c65)OC3=O)cc2N1. The number of anilines is 2. The number of carbonyl (C=O) groups is 2. The van der Waals surface area contributed by atoms with E-state index in [0.717, 1.165) is 4.90 Å². The highest BCUT2D eigenvalue weighted by atomic mass is 32.2. The summed E-state index contributed by atoms with van der Waals surface area (Å²) in [6.07, 6.45) is 1.09. The Morgan fingerprint density at radius 2 is 2.09 bits per heavy atom. The predicted molar refractivity (Wildman–Crippen MR) is 130 cm³/mol. The number of halogens is 1. The first-order chi connectivity index (χ1) is 17.0. The third kappa shape index (κ3) is 3.94. The third-order valence-corrected chi connectivity index (χ3v) is 7.69. The van der Waals surface area contributed by atoms with Gasteiger partial charge in [0.15, 0.2) is 0 Å². The van der Waals surface area contributed by atoms with Crippen LogP contribution in [0.15, 0.2) is 46.2 Å². The summed E-state index contributed by atoms with van der Waals surface area (Å²) in [5.41, 5.74) is 2.93. The molecule has 0 unspecified atom stereocenters. The van der Waals surface area contributed by atoms with E-state index < -0.39 is 11.9 Å². The number of hydrogen-bond acceptors (Lipinski definition) is 7. The minimum atomic E-state index is -0.420. The van der Waals surface area contributed by atoms with Gasteiger partial charge in [-0.2, -0.15) is 0 Å². The standard InChI is InChI=1S/C24H22FN5O4S/c25-16-9-27-17-2-4-21(32)30-10-13(22(16)23(17)30)8-26-6-5-15-11-29(24(33)34-15)14-1-3-19-18(7-14)28-20(31)12-35-19/h1-4,7,9,13,15,26H,5-6,8,10-12H2,(H,28,31)/t13-,15+/m0/s1. The number of pyridine rings is 2. The highest BCUT2D eigenvalue weighted by Crippen LogP contribution is 2.36. The average molecular weight is 496 g/mol. The lowest BCUT2D eigenvalue weighted by Crippen LogP contribution is -2.29. The number of fused-ring (bicyclic) bond motifs is 1. The molecule has 0 aliphatic carbocycles. The Morgan fingerprint density at radius 1 is 1.20 bits per heavy atom. The first-order valence-electron chi connectivity index (χ1n) is 11.4. The van der Waals surface area contributed by atoms with Crippen molar-refractivity contribution in [2.45, 2.75) is 29.9 Å². The van der Waals surface area contributed by atoms with Crippen LogP contribution in [-0.4, -0.2) is 53.0 Å². The van der Waals surface area contributed by atoms with Crippen molar-refractivity contribution in [1.29, 1.82) is 0 Å². The van der Waals surface area contributed by atoms with Gasteiger partial charge in [0.05, 0.1) is 35.2 Å². The van der Waals surface area contributed by atoms with Crippen LogP contribution in [0.3, 0.4) is 0 Å². The summed E-state index contributed by atoms with van der Waals surface area (Å²) >= 11 is 1.47. The number of aromatic nitrogens is 2. The number of thioether (sulfide) groups is 1. The van der Waals surface area contributed by atoms with Crippen molar-refractivity contribution >= 4 is 46.2 Å². The molecule has 180 valence electrons. The van der Waals surface area contributed by atoms with Crippen LogP contribution in [0.2, 0.25) is 0 Å². The van der Waals surface area contributed by atoms with E-state index >= 15 is 0 Å². The topological polar surface area (TPSA) is 106 Å². The molecule has 3 aliphatic rings. The molecule has 0 radical (unpaired) electrons. The van der Waals surface area contributed by atoms with Crippen LogP contribution in [0, 0.1) is 5.82 Å². The van der Waals surface area contributed by atoms with Gasteiger partial charge in [-0.3, -0.25) is 19.5 Å². The Hall–Kier alpha value is -3.44. The van der Waals surface area contributed by atoms with Crippen molar-refractivity contribution in [3.63, 3.8) is 0 Å². The van der Waals surface area contributed by atoms with Crippen LogP contribution in [0.5, 0.6) is 0 Å². The lowest BCUT2D eigenvalue weighted by Gasteiger charge is -2.20. The quantitative estimate of drug-likeness (QED) is 0.507. The minimum absolute atomic E-state index is 0.0600. The fourth-order valence-corrected chi connectivity index (χ4v) is 5.76. The zero-order valence-electron chi connectivity index (χ0n) is 18.6. The number of nitrogens with one attached hydrogen (secondary N) is 2. The number of hydrogen-bond donors (Lipinski definition) is 2. The largest absolute Gasteiger partial charge is 0.444 e. The smallest absolute Gasteiger partial charge is 0.414 e. The fraction of sp³-hybridized carbons (Fsp3) is 0.333. The molecule has 35 heavy (non-hydrogen) atoms. The van der Waals surface area contributed by atoms with Crippen LogP contribution in [0.1, 0.15) is 17.9 Å². The molecule has 0 bridgehead atoms. The van der Waals surface area contributed by atoms with Crippen molar-refractivity contribution in [2.24, 2.45) is 0 Å². The summed E-state index contributed by atoms with van der Waals surface area (Å²) in [7, 11) is 0. The van der Waals surface area contributed by atoms with Gasteiger partial charge in [0, 0.05) is 41.2 Å². The van der Waals surface area contributed by atoms with E-state index in [9.17, 15) is 18.8 Å². The maximum absolute atomic E-state index is 14.6. The number of benzene rings is 1. The van der Waals surface area contributed by atoms with Gasteiger partial charge < -0.3 is 19.9 Å². The monoisotopic (exact) mass is 495 g/mol. The van der Waals surface area contributed by atoms with Crippen molar-refractivity contribution < 1.29 is 18.7 Å². The van der Waals surface area contributed by atoms with Gasteiger partial charge in [-0.1, -0.05) is 0 Å². The summed E-state index contributed by atoms with van der Waals surface area (Å²) in [6.45, 7) is 1.87. The van der Waals surface area contributed by atoms with Gasteiger partial charge in [0.2, 0.25) is 5.91 Å². The zero-order valence-corrected chi connectivity index (χ0v) is 19.4. The second-order valence-electron chi connectivity index (χ2n) is 8.86. The van der Waals surface area contributed by atoms with Gasteiger partial charge >= 0.3 is 6.09 Å².